The van der Waals surface area contributed by atoms with E-state index in [0.29, 0.717) is 6.54 Å². The van der Waals surface area contributed by atoms with Crippen molar-refractivity contribution >= 4 is 18.1 Å². The molecule has 1 atom stereocenters. The highest BCUT2D eigenvalue weighted by Gasteiger charge is 2.45. The van der Waals surface area contributed by atoms with E-state index in [1.807, 2.05) is 38.8 Å². The van der Waals surface area contributed by atoms with Crippen LogP contribution < -0.4 is 5.32 Å². The lowest BCUT2D eigenvalue weighted by molar-refractivity contribution is -0.139. The zero-order valence-corrected chi connectivity index (χ0v) is 18.9. The maximum atomic E-state index is 12.1. The summed E-state index contributed by atoms with van der Waals surface area (Å²) >= 11 is 0. The highest BCUT2D eigenvalue weighted by molar-refractivity contribution is 5.74. The molecule has 0 heterocycles. The molecule has 162 valence electrons. The van der Waals surface area contributed by atoms with Crippen LogP contribution in [-0.2, 0) is 14.3 Å². The van der Waals surface area contributed by atoms with Gasteiger partial charge in [-0.25, -0.2) is 15.0 Å². The van der Waals surface area contributed by atoms with Crippen LogP contribution in [-0.4, -0.2) is 47.7 Å². The van der Waals surface area contributed by atoms with Gasteiger partial charge in [0, 0.05) is 26.1 Å². The SMILES string of the molecule is C=CCCC(CCCNC(=O)OC(C)(C)C)(N(C)C(C)=O)C(C)(C)C.N=C=O. The van der Waals surface area contributed by atoms with Crippen molar-refractivity contribution in [2.45, 2.75) is 85.3 Å². The van der Waals surface area contributed by atoms with E-state index in [-0.39, 0.29) is 16.9 Å². The second kappa shape index (κ2) is 12.3. The Morgan fingerprint density at radius 2 is 1.68 bits per heavy atom. The average molecular weight is 398 g/mol. The lowest BCUT2D eigenvalue weighted by Gasteiger charge is -2.51. The number of allylic oxidation sites excluding steroid dienone is 1. The van der Waals surface area contributed by atoms with Crippen LogP contribution in [0.2, 0.25) is 0 Å². The monoisotopic (exact) mass is 397 g/mol. The minimum Gasteiger partial charge on any atom is -0.444 e. The summed E-state index contributed by atoms with van der Waals surface area (Å²) in [4.78, 5) is 34.1. The average Bonchev–Trinajstić information content (AvgIpc) is 2.51. The normalized spacial score (nSPS) is 13.1. The molecule has 0 radical (unpaired) electrons. The lowest BCUT2D eigenvalue weighted by Crippen LogP contribution is -2.57. The van der Waals surface area contributed by atoms with Crippen LogP contribution in [0, 0.1) is 10.8 Å². The predicted octanol–water partition coefficient (Wildman–Crippen LogP) is 4.42. The molecule has 0 bridgehead atoms. The fraction of sp³-hybridized carbons (Fsp3) is 0.762. The molecule has 0 aliphatic carbocycles. The molecule has 0 saturated carbocycles. The smallest absolute Gasteiger partial charge is 0.407 e. The number of alkyl carbamates (subject to hydrolysis) is 1. The van der Waals surface area contributed by atoms with Gasteiger partial charge in [-0.15, -0.1) is 6.58 Å². The van der Waals surface area contributed by atoms with Gasteiger partial charge in [0.25, 0.3) is 0 Å². The van der Waals surface area contributed by atoms with Crippen molar-refractivity contribution in [2.24, 2.45) is 5.41 Å². The molecule has 0 rings (SSSR count). The van der Waals surface area contributed by atoms with E-state index in [9.17, 15) is 9.59 Å². The molecule has 0 fully saturated rings. The van der Waals surface area contributed by atoms with Crippen LogP contribution in [0.1, 0.15) is 74.1 Å². The minimum atomic E-state index is -0.502. The third kappa shape index (κ3) is 10.3. The standard InChI is InChI=1S/C20H38N2O3.CHNO/c1-10-11-13-20(18(3,4)5,22(9)16(2)23)14-12-15-21-17(24)25-19(6,7)8;2-1-3/h10H,1,11-15H2,2-9H3,(H,21,24);2H. The molecule has 0 aromatic rings. The maximum Gasteiger partial charge on any atom is 0.407 e. The second-order valence-corrected chi connectivity index (χ2v) is 8.82. The minimum absolute atomic E-state index is 0.0547. The number of amides is 2. The van der Waals surface area contributed by atoms with Gasteiger partial charge in [0.05, 0.1) is 0 Å². The lowest BCUT2D eigenvalue weighted by atomic mass is 9.67. The fourth-order valence-corrected chi connectivity index (χ4v) is 3.24. The van der Waals surface area contributed by atoms with Crippen molar-refractivity contribution in [3.63, 3.8) is 0 Å². The summed E-state index contributed by atoms with van der Waals surface area (Å²) in [7, 11) is 1.87. The molecule has 0 spiro atoms. The van der Waals surface area contributed by atoms with Gasteiger partial charge >= 0.3 is 6.09 Å². The quantitative estimate of drug-likeness (QED) is 0.274. The zero-order valence-electron chi connectivity index (χ0n) is 18.9. The van der Waals surface area contributed by atoms with Gasteiger partial charge in [0.2, 0.25) is 12.0 Å². The summed E-state index contributed by atoms with van der Waals surface area (Å²) in [6.07, 6.45) is 5.51. The third-order valence-electron chi connectivity index (χ3n) is 4.71. The topological polar surface area (TPSA) is 99.6 Å². The van der Waals surface area contributed by atoms with Crippen LogP contribution in [0.4, 0.5) is 4.79 Å². The van der Waals surface area contributed by atoms with Gasteiger partial charge in [0.1, 0.15) is 5.60 Å². The Kier molecular flexibility index (Phi) is 12.4. The molecular formula is C21H39N3O4. The van der Waals surface area contributed by atoms with E-state index >= 15 is 0 Å². The Labute approximate surface area is 170 Å². The van der Waals surface area contributed by atoms with Crippen LogP contribution in [0.25, 0.3) is 0 Å². The largest absolute Gasteiger partial charge is 0.444 e. The van der Waals surface area contributed by atoms with Crippen LogP contribution >= 0.6 is 0 Å². The highest BCUT2D eigenvalue weighted by Crippen LogP contribution is 2.42. The van der Waals surface area contributed by atoms with Crippen LogP contribution in [0.5, 0.6) is 0 Å². The molecule has 28 heavy (non-hydrogen) atoms. The van der Waals surface area contributed by atoms with Crippen molar-refractivity contribution in [3.05, 3.63) is 12.7 Å². The summed E-state index contributed by atoms with van der Waals surface area (Å²) in [5.41, 5.74) is -0.886. The Bertz CT molecular complexity index is 541. The molecule has 0 aromatic carbocycles. The first kappa shape index (κ1) is 28.1. The van der Waals surface area contributed by atoms with Gasteiger partial charge in [-0.3, -0.25) is 4.79 Å². The molecule has 1 unspecified atom stereocenters. The van der Waals surface area contributed by atoms with Gasteiger partial charge in [-0.05, 0) is 51.9 Å². The molecule has 7 nitrogen and oxygen atoms in total. The summed E-state index contributed by atoms with van der Waals surface area (Å²) in [5.74, 6) is 0.0547. The van der Waals surface area contributed by atoms with Crippen LogP contribution in [0.3, 0.4) is 0 Å². The third-order valence-corrected chi connectivity index (χ3v) is 4.71. The summed E-state index contributed by atoms with van der Waals surface area (Å²) in [6, 6.07) is 0. The Balaban J connectivity index is 0. The van der Waals surface area contributed by atoms with E-state index in [1.54, 1.807) is 6.92 Å². The van der Waals surface area contributed by atoms with E-state index in [0.717, 1.165) is 31.8 Å². The molecule has 2 amide bonds. The van der Waals surface area contributed by atoms with Gasteiger partial charge < -0.3 is 15.0 Å². The molecule has 0 aromatic heterocycles. The van der Waals surface area contributed by atoms with Crippen molar-refractivity contribution < 1.29 is 19.1 Å². The number of hydrogen-bond acceptors (Lipinski definition) is 5. The number of nitrogens with one attached hydrogen (secondary N) is 2. The molecule has 0 aliphatic rings. The summed E-state index contributed by atoms with van der Waals surface area (Å²) < 4.78 is 5.26. The Morgan fingerprint density at radius 3 is 2.04 bits per heavy atom. The number of carbonyl (C=O) groups excluding carboxylic acids is 3. The first-order valence-corrected chi connectivity index (χ1v) is 9.54. The summed E-state index contributed by atoms with van der Waals surface area (Å²) in [5, 5.41) is 8.21. The number of isocyanates is 1. The Hall–Kier alpha value is -2.14. The van der Waals surface area contributed by atoms with Crippen molar-refractivity contribution in [1.29, 1.82) is 5.41 Å². The first-order chi connectivity index (χ1) is 12.7. The van der Waals surface area contributed by atoms with Crippen LogP contribution in [0.15, 0.2) is 12.7 Å². The number of ether oxygens (including phenoxy) is 1. The number of nitrogens with zero attached hydrogens (tertiary/aromatic N) is 1. The van der Waals surface area contributed by atoms with E-state index < -0.39 is 11.7 Å². The maximum absolute atomic E-state index is 12.1. The van der Waals surface area contributed by atoms with E-state index in [2.05, 4.69) is 32.7 Å². The molecule has 7 heteroatoms. The fourth-order valence-electron chi connectivity index (χ4n) is 3.24. The molecular weight excluding hydrogens is 358 g/mol. The van der Waals surface area contributed by atoms with E-state index in [1.165, 1.54) is 0 Å². The molecule has 0 saturated heterocycles. The second-order valence-electron chi connectivity index (χ2n) is 8.82. The highest BCUT2D eigenvalue weighted by atomic mass is 16.6. The zero-order chi connectivity index (χ0) is 22.6. The number of hydrogen-bond donors (Lipinski definition) is 2. The predicted molar refractivity (Wildman–Crippen MR) is 112 cm³/mol. The van der Waals surface area contributed by atoms with E-state index in [4.69, 9.17) is 14.9 Å². The van der Waals surface area contributed by atoms with Gasteiger partial charge in [-0.1, -0.05) is 26.8 Å². The molecule has 0 aliphatic heterocycles. The summed E-state index contributed by atoms with van der Waals surface area (Å²) in [6.45, 7) is 18.0. The van der Waals surface area contributed by atoms with Gasteiger partial charge in [-0.2, -0.15) is 0 Å². The van der Waals surface area contributed by atoms with Crippen molar-refractivity contribution in [3.8, 4) is 0 Å². The first-order valence-electron chi connectivity index (χ1n) is 9.54. The number of carbonyl (C=O) groups is 2. The van der Waals surface area contributed by atoms with Crippen molar-refractivity contribution in [1.82, 2.24) is 10.2 Å². The van der Waals surface area contributed by atoms with Crippen molar-refractivity contribution in [2.75, 3.05) is 13.6 Å². The number of rotatable bonds is 8. The van der Waals surface area contributed by atoms with Gasteiger partial charge in [0.15, 0.2) is 0 Å². The Morgan fingerprint density at radius 1 is 1.18 bits per heavy atom. The molecule has 2 N–H and O–H groups in total.